The van der Waals surface area contributed by atoms with Gasteiger partial charge in [0.05, 0.1) is 22.5 Å². The van der Waals surface area contributed by atoms with Crippen molar-refractivity contribution in [1.29, 1.82) is 0 Å². The number of fused-ring (bicyclic) bond motifs is 1. The zero-order chi connectivity index (χ0) is 13.2. The van der Waals surface area contributed by atoms with E-state index in [-0.39, 0.29) is 0 Å². The summed E-state index contributed by atoms with van der Waals surface area (Å²) in [5.74, 6) is 0. The molecule has 0 amide bonds. The molecule has 0 aliphatic carbocycles. The van der Waals surface area contributed by atoms with Crippen molar-refractivity contribution in [2.45, 2.75) is 20.4 Å². The number of nitrogens with one attached hydrogen (secondary N) is 1. The summed E-state index contributed by atoms with van der Waals surface area (Å²) in [6.45, 7) is 4.96. The molecular weight excluding hydrogens is 254 g/mol. The first-order chi connectivity index (χ1) is 9.22. The summed E-state index contributed by atoms with van der Waals surface area (Å²) in [5, 5.41) is 4.28. The summed E-state index contributed by atoms with van der Waals surface area (Å²) >= 11 is 1.69. The standard InChI is InChI=1S/C15H15N3S/c1-10-7-13-14(8-11(10)2)19-15(18-13)17-9-12-5-3-4-6-16-12/h3-8H,9H2,1-2H3,(H,17,18). The van der Waals surface area contributed by atoms with Crippen LogP contribution in [0.2, 0.25) is 0 Å². The monoisotopic (exact) mass is 269 g/mol. The van der Waals surface area contributed by atoms with Gasteiger partial charge in [0.1, 0.15) is 0 Å². The van der Waals surface area contributed by atoms with Crippen LogP contribution < -0.4 is 5.32 Å². The minimum atomic E-state index is 0.707. The molecule has 0 saturated carbocycles. The smallest absolute Gasteiger partial charge is 0.184 e. The average Bonchev–Trinajstić information content (AvgIpc) is 2.80. The molecule has 1 N–H and O–H groups in total. The predicted molar refractivity (Wildman–Crippen MR) is 80.7 cm³/mol. The first kappa shape index (κ1) is 12.1. The Labute approximate surface area is 116 Å². The second-order valence-corrected chi connectivity index (χ2v) is 5.63. The first-order valence-electron chi connectivity index (χ1n) is 6.24. The van der Waals surface area contributed by atoms with Crippen LogP contribution in [0.3, 0.4) is 0 Å². The van der Waals surface area contributed by atoms with Crippen LogP contribution >= 0.6 is 11.3 Å². The normalized spacial score (nSPS) is 10.8. The Morgan fingerprint density at radius 1 is 1.16 bits per heavy atom. The molecule has 0 aliphatic rings. The Kier molecular flexibility index (Phi) is 3.17. The second kappa shape index (κ2) is 4.97. The predicted octanol–water partition coefficient (Wildman–Crippen LogP) is 3.92. The fraction of sp³-hybridized carbons (Fsp3) is 0.200. The molecule has 0 unspecified atom stereocenters. The van der Waals surface area contributed by atoms with Gasteiger partial charge in [0.15, 0.2) is 5.13 Å². The Morgan fingerprint density at radius 2 is 2.00 bits per heavy atom. The summed E-state index contributed by atoms with van der Waals surface area (Å²) in [6, 6.07) is 10.3. The lowest BCUT2D eigenvalue weighted by Gasteiger charge is -2.00. The van der Waals surface area contributed by atoms with Gasteiger partial charge in [-0.15, -0.1) is 0 Å². The largest absolute Gasteiger partial charge is 0.356 e. The molecule has 2 heterocycles. The van der Waals surface area contributed by atoms with Gasteiger partial charge in [-0.25, -0.2) is 4.98 Å². The van der Waals surface area contributed by atoms with Crippen molar-refractivity contribution in [2.75, 3.05) is 5.32 Å². The van der Waals surface area contributed by atoms with Crippen molar-refractivity contribution in [3.8, 4) is 0 Å². The van der Waals surface area contributed by atoms with Crippen molar-refractivity contribution in [1.82, 2.24) is 9.97 Å². The summed E-state index contributed by atoms with van der Waals surface area (Å²) in [5.41, 5.74) is 4.69. The van der Waals surface area contributed by atoms with Gasteiger partial charge in [-0.1, -0.05) is 17.4 Å². The molecule has 3 rings (SSSR count). The number of thiazole rings is 1. The third-order valence-electron chi connectivity index (χ3n) is 3.15. The molecule has 0 atom stereocenters. The van der Waals surface area contributed by atoms with E-state index in [1.54, 1.807) is 11.3 Å². The Balaban J connectivity index is 1.82. The lowest BCUT2D eigenvalue weighted by Crippen LogP contribution is -2.00. The fourth-order valence-electron chi connectivity index (χ4n) is 1.92. The molecule has 3 aromatic rings. The molecule has 0 aliphatic heterocycles. The number of benzene rings is 1. The number of aryl methyl sites for hydroxylation is 2. The third kappa shape index (κ3) is 2.58. The van der Waals surface area contributed by atoms with Crippen LogP contribution in [0.15, 0.2) is 36.5 Å². The molecular formula is C15H15N3S. The van der Waals surface area contributed by atoms with E-state index in [1.807, 2.05) is 24.4 Å². The van der Waals surface area contributed by atoms with Crippen LogP contribution in [0.5, 0.6) is 0 Å². The molecule has 0 spiro atoms. The molecule has 0 fully saturated rings. The van der Waals surface area contributed by atoms with Crippen molar-refractivity contribution in [3.05, 3.63) is 53.3 Å². The Morgan fingerprint density at radius 3 is 2.79 bits per heavy atom. The summed E-state index contributed by atoms with van der Waals surface area (Å²) < 4.78 is 1.23. The van der Waals surface area contributed by atoms with Crippen LogP contribution in [0, 0.1) is 13.8 Å². The third-order valence-corrected chi connectivity index (χ3v) is 4.13. The van der Waals surface area contributed by atoms with E-state index in [1.165, 1.54) is 15.8 Å². The van der Waals surface area contributed by atoms with Gasteiger partial charge in [0.2, 0.25) is 0 Å². The molecule has 2 aromatic heterocycles. The SMILES string of the molecule is Cc1cc2nc(NCc3ccccn3)sc2cc1C. The van der Waals surface area contributed by atoms with Crippen LogP contribution in [0.1, 0.15) is 16.8 Å². The van der Waals surface area contributed by atoms with Gasteiger partial charge in [-0.2, -0.15) is 0 Å². The van der Waals surface area contributed by atoms with E-state index in [4.69, 9.17) is 0 Å². The lowest BCUT2D eigenvalue weighted by molar-refractivity contribution is 1.04. The summed E-state index contributed by atoms with van der Waals surface area (Å²) in [6.07, 6.45) is 1.81. The molecule has 96 valence electrons. The van der Waals surface area contributed by atoms with Crippen LogP contribution in [-0.4, -0.2) is 9.97 Å². The van der Waals surface area contributed by atoms with E-state index in [2.05, 4.69) is 41.3 Å². The van der Waals surface area contributed by atoms with E-state index in [9.17, 15) is 0 Å². The van der Waals surface area contributed by atoms with E-state index >= 15 is 0 Å². The molecule has 0 radical (unpaired) electrons. The molecule has 0 bridgehead atoms. The van der Waals surface area contributed by atoms with Gasteiger partial charge < -0.3 is 5.32 Å². The number of anilines is 1. The zero-order valence-corrected chi connectivity index (χ0v) is 11.8. The van der Waals surface area contributed by atoms with Gasteiger partial charge in [-0.05, 0) is 49.2 Å². The highest BCUT2D eigenvalue weighted by Gasteiger charge is 2.05. The first-order valence-corrected chi connectivity index (χ1v) is 7.05. The van der Waals surface area contributed by atoms with Gasteiger partial charge in [0, 0.05) is 6.20 Å². The van der Waals surface area contributed by atoms with Gasteiger partial charge in [-0.3, -0.25) is 4.98 Å². The highest BCUT2D eigenvalue weighted by atomic mass is 32.1. The van der Waals surface area contributed by atoms with Crippen molar-refractivity contribution >= 4 is 26.7 Å². The van der Waals surface area contributed by atoms with Crippen molar-refractivity contribution in [3.63, 3.8) is 0 Å². The average molecular weight is 269 g/mol. The number of nitrogens with zero attached hydrogens (tertiary/aromatic N) is 2. The Hall–Kier alpha value is -1.94. The van der Waals surface area contributed by atoms with Crippen LogP contribution in [-0.2, 0) is 6.54 Å². The maximum absolute atomic E-state index is 4.61. The fourth-order valence-corrected chi connectivity index (χ4v) is 2.87. The quantitative estimate of drug-likeness (QED) is 0.783. The van der Waals surface area contributed by atoms with E-state index in [0.717, 1.165) is 16.3 Å². The van der Waals surface area contributed by atoms with Crippen molar-refractivity contribution < 1.29 is 0 Å². The lowest BCUT2D eigenvalue weighted by atomic mass is 10.1. The molecule has 1 aromatic carbocycles. The van der Waals surface area contributed by atoms with Gasteiger partial charge >= 0.3 is 0 Å². The second-order valence-electron chi connectivity index (χ2n) is 4.60. The molecule has 3 nitrogen and oxygen atoms in total. The Bertz CT molecular complexity index is 665. The molecule has 0 saturated heterocycles. The number of rotatable bonds is 3. The highest BCUT2D eigenvalue weighted by Crippen LogP contribution is 2.28. The topological polar surface area (TPSA) is 37.8 Å². The number of hydrogen-bond donors (Lipinski definition) is 1. The van der Waals surface area contributed by atoms with E-state index in [0.29, 0.717) is 6.54 Å². The molecule has 19 heavy (non-hydrogen) atoms. The number of hydrogen-bond acceptors (Lipinski definition) is 4. The van der Waals surface area contributed by atoms with Gasteiger partial charge in [0.25, 0.3) is 0 Å². The summed E-state index contributed by atoms with van der Waals surface area (Å²) in [4.78, 5) is 8.90. The highest BCUT2D eigenvalue weighted by molar-refractivity contribution is 7.22. The zero-order valence-electron chi connectivity index (χ0n) is 11.0. The number of aromatic nitrogens is 2. The maximum atomic E-state index is 4.61. The molecule has 4 heteroatoms. The minimum absolute atomic E-state index is 0.707. The van der Waals surface area contributed by atoms with E-state index < -0.39 is 0 Å². The summed E-state index contributed by atoms with van der Waals surface area (Å²) in [7, 11) is 0. The van der Waals surface area contributed by atoms with Crippen molar-refractivity contribution in [2.24, 2.45) is 0 Å². The van der Waals surface area contributed by atoms with Crippen LogP contribution in [0.25, 0.3) is 10.2 Å². The van der Waals surface area contributed by atoms with Crippen LogP contribution in [0.4, 0.5) is 5.13 Å². The minimum Gasteiger partial charge on any atom is -0.356 e. The maximum Gasteiger partial charge on any atom is 0.184 e. The number of pyridine rings is 1.